The molecule has 0 aromatic carbocycles. The molecule has 94 valence electrons. The van der Waals surface area contributed by atoms with E-state index in [2.05, 4.69) is 9.98 Å². The van der Waals surface area contributed by atoms with Crippen molar-refractivity contribution in [2.24, 2.45) is 4.99 Å². The van der Waals surface area contributed by atoms with Gasteiger partial charge in [-0.05, 0) is 19.1 Å². The van der Waals surface area contributed by atoms with Gasteiger partial charge in [-0.15, -0.1) is 0 Å². The first-order valence-corrected chi connectivity index (χ1v) is 5.76. The van der Waals surface area contributed by atoms with Gasteiger partial charge < -0.3 is 9.84 Å². The topological polar surface area (TPSA) is 71.8 Å². The number of aliphatic imine (C=N–C) groups is 1. The number of hydrogen-bond acceptors (Lipinski definition) is 5. The lowest BCUT2D eigenvalue weighted by Gasteiger charge is -2.08. The van der Waals surface area contributed by atoms with Crippen LogP contribution in [0.1, 0.15) is 12.6 Å². The summed E-state index contributed by atoms with van der Waals surface area (Å²) in [5, 5.41) is 9.92. The molecular formula is C13H14N2O3. The zero-order chi connectivity index (χ0) is 13.0. The molecule has 1 atom stereocenters. The first-order valence-electron chi connectivity index (χ1n) is 5.76. The van der Waals surface area contributed by atoms with E-state index in [4.69, 9.17) is 4.74 Å². The van der Waals surface area contributed by atoms with E-state index in [9.17, 15) is 9.90 Å². The third-order valence-electron chi connectivity index (χ3n) is 2.57. The van der Waals surface area contributed by atoms with E-state index in [0.29, 0.717) is 13.0 Å². The lowest BCUT2D eigenvalue weighted by atomic mass is 10.1. The monoisotopic (exact) mass is 246 g/mol. The summed E-state index contributed by atoms with van der Waals surface area (Å²) in [5.74, 6) is -0.603. The van der Waals surface area contributed by atoms with Gasteiger partial charge in [-0.2, -0.15) is 0 Å². The van der Waals surface area contributed by atoms with Gasteiger partial charge in [0.1, 0.15) is 11.3 Å². The number of ether oxygens (including phenoxy) is 1. The Bertz CT molecular complexity index is 494. The molecule has 1 aliphatic rings. The molecule has 0 radical (unpaired) electrons. The fraction of sp³-hybridized carbons (Fsp3) is 0.308. The fourth-order valence-electron chi connectivity index (χ4n) is 1.68. The van der Waals surface area contributed by atoms with Crippen molar-refractivity contribution in [3.63, 3.8) is 0 Å². The Hall–Kier alpha value is -2.17. The van der Waals surface area contributed by atoms with E-state index in [1.165, 1.54) is 6.21 Å². The summed E-state index contributed by atoms with van der Waals surface area (Å²) in [6.07, 6.45) is 2.72. The van der Waals surface area contributed by atoms with Crippen molar-refractivity contribution in [3.8, 4) is 0 Å². The van der Waals surface area contributed by atoms with E-state index in [-0.39, 0.29) is 11.3 Å². The van der Waals surface area contributed by atoms with Crippen molar-refractivity contribution < 1.29 is 14.6 Å². The van der Waals surface area contributed by atoms with Gasteiger partial charge in [0.15, 0.2) is 6.10 Å². The Balaban J connectivity index is 2.15. The minimum atomic E-state index is -0.661. The van der Waals surface area contributed by atoms with E-state index in [1.807, 2.05) is 19.1 Å². The number of aromatic nitrogens is 1. The number of pyridine rings is 1. The average molecular weight is 246 g/mol. The lowest BCUT2D eigenvalue weighted by molar-refractivity contribution is -0.139. The molecule has 0 saturated carbocycles. The van der Waals surface area contributed by atoms with E-state index < -0.39 is 12.1 Å². The van der Waals surface area contributed by atoms with Crippen LogP contribution in [0.4, 0.5) is 0 Å². The highest BCUT2D eigenvalue weighted by Crippen LogP contribution is 2.22. The van der Waals surface area contributed by atoms with E-state index in [1.54, 1.807) is 12.3 Å². The molecule has 0 amide bonds. The predicted molar refractivity (Wildman–Crippen MR) is 66.5 cm³/mol. The van der Waals surface area contributed by atoms with Crippen molar-refractivity contribution in [2.75, 3.05) is 6.54 Å². The van der Waals surface area contributed by atoms with Crippen molar-refractivity contribution in [1.82, 2.24) is 4.98 Å². The third-order valence-corrected chi connectivity index (χ3v) is 2.57. The van der Waals surface area contributed by atoms with Crippen LogP contribution in [0.3, 0.4) is 0 Å². The highest BCUT2D eigenvalue weighted by atomic mass is 16.6. The van der Waals surface area contributed by atoms with Crippen LogP contribution in [-0.2, 0) is 16.0 Å². The highest BCUT2D eigenvalue weighted by Gasteiger charge is 2.33. The van der Waals surface area contributed by atoms with Crippen molar-refractivity contribution in [1.29, 1.82) is 0 Å². The molecule has 1 aliphatic heterocycles. The molecule has 0 aliphatic carbocycles. The van der Waals surface area contributed by atoms with Crippen LogP contribution in [0.5, 0.6) is 0 Å². The summed E-state index contributed by atoms with van der Waals surface area (Å²) in [6, 6.07) is 5.47. The summed E-state index contributed by atoms with van der Waals surface area (Å²) in [7, 11) is 0. The second-order valence-corrected chi connectivity index (χ2v) is 3.85. The molecule has 0 fully saturated rings. The van der Waals surface area contributed by atoms with E-state index >= 15 is 0 Å². The van der Waals surface area contributed by atoms with Crippen LogP contribution in [0, 0.1) is 0 Å². The number of aliphatic hydroxyl groups is 1. The second-order valence-electron chi connectivity index (χ2n) is 3.85. The molecule has 1 unspecified atom stereocenters. The number of hydrogen-bond donors (Lipinski definition) is 1. The largest absolute Gasteiger partial charge is 0.507 e. The number of cyclic esters (lactones) is 1. The van der Waals surface area contributed by atoms with Gasteiger partial charge in [0.05, 0.1) is 0 Å². The Labute approximate surface area is 105 Å². The highest BCUT2D eigenvalue weighted by molar-refractivity contribution is 6.11. The molecule has 0 bridgehead atoms. The van der Waals surface area contributed by atoms with Gasteiger partial charge in [0.25, 0.3) is 0 Å². The molecule has 5 heteroatoms. The van der Waals surface area contributed by atoms with Crippen LogP contribution < -0.4 is 0 Å². The standard InChI is InChI=1S/C13H14N2O3/c1-2-14-8-10-12(16)11(18-13(10)17)7-9-5-3-4-6-15-9/h3-6,8,11,16H,2,7H2,1H3. The molecule has 2 rings (SSSR count). The quantitative estimate of drug-likeness (QED) is 0.644. The molecule has 0 saturated heterocycles. The predicted octanol–water partition coefficient (Wildman–Crippen LogP) is 1.45. The van der Waals surface area contributed by atoms with Gasteiger partial charge in [-0.3, -0.25) is 9.98 Å². The first kappa shape index (κ1) is 12.3. The van der Waals surface area contributed by atoms with Crippen LogP contribution in [-0.4, -0.2) is 34.9 Å². The van der Waals surface area contributed by atoms with Gasteiger partial charge in [-0.1, -0.05) is 6.07 Å². The van der Waals surface area contributed by atoms with Crippen LogP contribution >= 0.6 is 0 Å². The Kier molecular flexibility index (Phi) is 3.72. The van der Waals surface area contributed by atoms with Crippen LogP contribution in [0.25, 0.3) is 0 Å². The molecular weight excluding hydrogens is 232 g/mol. The SMILES string of the molecule is CCN=CC1=C(O)C(Cc2ccccn2)OC1=O. The minimum absolute atomic E-state index is 0.0668. The Morgan fingerprint density at radius 1 is 1.56 bits per heavy atom. The molecule has 1 aromatic heterocycles. The first-order chi connectivity index (χ1) is 8.72. The summed E-state index contributed by atoms with van der Waals surface area (Å²) in [4.78, 5) is 19.6. The summed E-state index contributed by atoms with van der Waals surface area (Å²) >= 11 is 0. The molecule has 2 heterocycles. The maximum atomic E-state index is 11.5. The Morgan fingerprint density at radius 3 is 3.06 bits per heavy atom. The zero-order valence-electron chi connectivity index (χ0n) is 10.0. The normalized spacial score (nSPS) is 19.6. The minimum Gasteiger partial charge on any atom is -0.507 e. The number of carbonyl (C=O) groups is 1. The zero-order valence-corrected chi connectivity index (χ0v) is 10.0. The van der Waals surface area contributed by atoms with Gasteiger partial charge in [-0.25, -0.2) is 4.79 Å². The number of esters is 1. The van der Waals surface area contributed by atoms with Crippen molar-refractivity contribution in [2.45, 2.75) is 19.4 Å². The van der Waals surface area contributed by atoms with Gasteiger partial charge >= 0.3 is 5.97 Å². The molecule has 1 aromatic rings. The average Bonchev–Trinajstić information content (AvgIpc) is 2.64. The van der Waals surface area contributed by atoms with Gasteiger partial charge in [0, 0.05) is 31.1 Å². The van der Waals surface area contributed by atoms with Crippen LogP contribution in [0.15, 0.2) is 40.7 Å². The number of nitrogens with zero attached hydrogens (tertiary/aromatic N) is 2. The lowest BCUT2D eigenvalue weighted by Crippen LogP contribution is -2.15. The number of aliphatic hydroxyl groups excluding tert-OH is 1. The second kappa shape index (κ2) is 5.44. The summed E-state index contributed by atoms with van der Waals surface area (Å²) < 4.78 is 5.09. The van der Waals surface area contributed by atoms with Crippen molar-refractivity contribution in [3.05, 3.63) is 41.4 Å². The third kappa shape index (κ3) is 2.56. The molecule has 18 heavy (non-hydrogen) atoms. The number of carbonyl (C=O) groups excluding carboxylic acids is 1. The molecule has 5 nitrogen and oxygen atoms in total. The van der Waals surface area contributed by atoms with E-state index in [0.717, 1.165) is 5.69 Å². The summed E-state index contributed by atoms with van der Waals surface area (Å²) in [6.45, 7) is 2.40. The number of rotatable bonds is 4. The Morgan fingerprint density at radius 2 is 2.39 bits per heavy atom. The maximum absolute atomic E-state index is 11.5. The maximum Gasteiger partial charge on any atom is 0.344 e. The fourth-order valence-corrected chi connectivity index (χ4v) is 1.68. The van der Waals surface area contributed by atoms with Crippen LogP contribution in [0.2, 0.25) is 0 Å². The molecule has 1 N–H and O–H groups in total. The van der Waals surface area contributed by atoms with Gasteiger partial charge in [0.2, 0.25) is 0 Å². The van der Waals surface area contributed by atoms with Crippen molar-refractivity contribution >= 4 is 12.2 Å². The molecule has 0 spiro atoms. The smallest absolute Gasteiger partial charge is 0.344 e. The summed E-state index contributed by atoms with van der Waals surface area (Å²) in [5.41, 5.74) is 0.897.